The van der Waals surface area contributed by atoms with Crippen molar-refractivity contribution in [2.24, 2.45) is 10.7 Å². The van der Waals surface area contributed by atoms with Crippen molar-refractivity contribution >= 4 is 5.96 Å². The molecule has 0 fully saturated rings. The van der Waals surface area contributed by atoms with E-state index in [1.165, 1.54) is 0 Å². The van der Waals surface area contributed by atoms with Gasteiger partial charge in [0.15, 0.2) is 5.96 Å². The maximum atomic E-state index is 10.1. The van der Waals surface area contributed by atoms with Crippen LogP contribution in [0.2, 0.25) is 0 Å². The molecule has 0 radical (unpaired) electrons. The van der Waals surface area contributed by atoms with E-state index in [0.29, 0.717) is 19.0 Å². The molecule has 0 amide bonds. The summed E-state index contributed by atoms with van der Waals surface area (Å²) in [5.74, 6) is 1.24. The van der Waals surface area contributed by atoms with Crippen molar-refractivity contribution in [2.45, 2.75) is 25.0 Å². The van der Waals surface area contributed by atoms with Crippen LogP contribution in [-0.2, 0) is 6.42 Å². The lowest BCUT2D eigenvalue weighted by Crippen LogP contribution is -2.38. The summed E-state index contributed by atoms with van der Waals surface area (Å²) < 4.78 is 5.64. The standard InChI is InChI=1S/C19H23N3O2/c20-19(21-13-15(23)12-14-6-2-1-3-7-14)22-17-10-11-24-18-9-5-4-8-16(17)18/h1-9,15,17,23H,10-13H2,(H3,20,21,22). The molecule has 2 aromatic carbocycles. The Morgan fingerprint density at radius 3 is 2.79 bits per heavy atom. The third kappa shape index (κ3) is 4.26. The van der Waals surface area contributed by atoms with E-state index in [-0.39, 0.29) is 12.6 Å². The van der Waals surface area contributed by atoms with Gasteiger partial charge in [-0.05, 0) is 11.6 Å². The molecule has 1 aliphatic heterocycles. The first-order valence-corrected chi connectivity index (χ1v) is 8.22. The number of nitrogens with two attached hydrogens (primary N) is 1. The Kier molecular flexibility index (Phi) is 5.33. The second-order valence-corrected chi connectivity index (χ2v) is 5.94. The summed E-state index contributed by atoms with van der Waals surface area (Å²) in [5.41, 5.74) is 8.17. The Morgan fingerprint density at radius 1 is 1.21 bits per heavy atom. The molecular formula is C19H23N3O2. The number of hydrogen-bond donors (Lipinski definition) is 3. The summed E-state index contributed by atoms with van der Waals surface area (Å²) in [7, 11) is 0. The predicted octanol–water partition coefficient (Wildman–Crippen LogP) is 2.02. The number of fused-ring (bicyclic) bond motifs is 1. The van der Waals surface area contributed by atoms with Gasteiger partial charge in [0, 0.05) is 18.4 Å². The lowest BCUT2D eigenvalue weighted by atomic mass is 10.0. The number of guanidine groups is 1. The SMILES string of the molecule is NC(=NCC(O)Cc1ccccc1)NC1CCOc2ccccc21. The minimum absolute atomic E-state index is 0.0879. The molecule has 5 nitrogen and oxygen atoms in total. The Bertz CT molecular complexity index is 688. The molecule has 0 aliphatic carbocycles. The number of ether oxygens (including phenoxy) is 1. The number of aliphatic hydroxyl groups excluding tert-OH is 1. The van der Waals surface area contributed by atoms with Gasteiger partial charge in [-0.3, -0.25) is 4.99 Å². The molecule has 2 aromatic rings. The van der Waals surface area contributed by atoms with Crippen LogP contribution in [0.25, 0.3) is 0 Å². The zero-order valence-corrected chi connectivity index (χ0v) is 13.6. The number of nitrogens with zero attached hydrogens (tertiary/aromatic N) is 1. The van der Waals surface area contributed by atoms with E-state index in [1.54, 1.807) is 0 Å². The molecule has 3 rings (SSSR count). The molecule has 1 heterocycles. The van der Waals surface area contributed by atoms with Crippen LogP contribution in [0.5, 0.6) is 5.75 Å². The van der Waals surface area contributed by atoms with E-state index in [1.807, 2.05) is 54.6 Å². The van der Waals surface area contributed by atoms with Gasteiger partial charge >= 0.3 is 0 Å². The number of aliphatic imine (C=N–C) groups is 1. The molecule has 0 aromatic heterocycles. The van der Waals surface area contributed by atoms with E-state index < -0.39 is 6.10 Å². The smallest absolute Gasteiger partial charge is 0.189 e. The fourth-order valence-corrected chi connectivity index (χ4v) is 2.87. The molecule has 4 N–H and O–H groups in total. The van der Waals surface area contributed by atoms with Gasteiger partial charge in [-0.25, -0.2) is 0 Å². The predicted molar refractivity (Wildman–Crippen MR) is 95.1 cm³/mol. The van der Waals surface area contributed by atoms with Crippen LogP contribution in [0, 0.1) is 0 Å². The van der Waals surface area contributed by atoms with E-state index in [0.717, 1.165) is 23.3 Å². The Hall–Kier alpha value is -2.53. The molecule has 2 unspecified atom stereocenters. The van der Waals surface area contributed by atoms with E-state index in [2.05, 4.69) is 10.3 Å². The molecule has 1 aliphatic rings. The van der Waals surface area contributed by atoms with E-state index in [9.17, 15) is 5.11 Å². The fraction of sp³-hybridized carbons (Fsp3) is 0.316. The zero-order valence-electron chi connectivity index (χ0n) is 13.6. The minimum atomic E-state index is -0.547. The maximum Gasteiger partial charge on any atom is 0.189 e. The van der Waals surface area contributed by atoms with Crippen molar-refractivity contribution in [2.75, 3.05) is 13.2 Å². The van der Waals surface area contributed by atoms with Crippen molar-refractivity contribution in [3.8, 4) is 5.75 Å². The number of nitrogens with one attached hydrogen (secondary N) is 1. The second-order valence-electron chi connectivity index (χ2n) is 5.94. The molecule has 0 saturated heterocycles. The Morgan fingerprint density at radius 2 is 1.96 bits per heavy atom. The maximum absolute atomic E-state index is 10.1. The quantitative estimate of drug-likeness (QED) is 0.580. The third-order valence-electron chi connectivity index (χ3n) is 4.07. The van der Waals surface area contributed by atoms with Gasteiger partial charge in [0.05, 0.1) is 25.3 Å². The Balaban J connectivity index is 1.55. The van der Waals surface area contributed by atoms with Gasteiger partial charge in [0.25, 0.3) is 0 Å². The van der Waals surface area contributed by atoms with Crippen LogP contribution >= 0.6 is 0 Å². The van der Waals surface area contributed by atoms with Crippen LogP contribution in [-0.4, -0.2) is 30.3 Å². The number of hydrogen-bond acceptors (Lipinski definition) is 3. The summed E-state index contributed by atoms with van der Waals surface area (Å²) >= 11 is 0. The van der Waals surface area contributed by atoms with Crippen LogP contribution in [0.3, 0.4) is 0 Å². The van der Waals surface area contributed by atoms with Crippen molar-refractivity contribution < 1.29 is 9.84 Å². The highest BCUT2D eigenvalue weighted by atomic mass is 16.5. The van der Waals surface area contributed by atoms with Crippen molar-refractivity contribution in [3.63, 3.8) is 0 Å². The van der Waals surface area contributed by atoms with Crippen molar-refractivity contribution in [3.05, 3.63) is 65.7 Å². The summed E-state index contributed by atoms with van der Waals surface area (Å²) in [6.45, 7) is 0.928. The van der Waals surface area contributed by atoms with Crippen molar-refractivity contribution in [1.82, 2.24) is 5.32 Å². The van der Waals surface area contributed by atoms with Gasteiger partial charge in [-0.15, -0.1) is 0 Å². The van der Waals surface area contributed by atoms with Crippen LogP contribution in [0.15, 0.2) is 59.6 Å². The molecular weight excluding hydrogens is 302 g/mol. The molecule has 0 saturated carbocycles. The van der Waals surface area contributed by atoms with E-state index >= 15 is 0 Å². The monoisotopic (exact) mass is 325 g/mol. The fourth-order valence-electron chi connectivity index (χ4n) is 2.87. The van der Waals surface area contributed by atoms with Crippen LogP contribution in [0.4, 0.5) is 0 Å². The minimum Gasteiger partial charge on any atom is -0.493 e. The third-order valence-corrected chi connectivity index (χ3v) is 4.07. The van der Waals surface area contributed by atoms with Gasteiger partial charge in [0.1, 0.15) is 5.75 Å². The highest BCUT2D eigenvalue weighted by Gasteiger charge is 2.21. The van der Waals surface area contributed by atoms with E-state index in [4.69, 9.17) is 10.5 Å². The molecule has 0 spiro atoms. The first kappa shape index (κ1) is 16.3. The molecule has 126 valence electrons. The number of para-hydroxylation sites is 1. The molecule has 2 atom stereocenters. The topological polar surface area (TPSA) is 79.9 Å². The van der Waals surface area contributed by atoms with Crippen LogP contribution in [0.1, 0.15) is 23.6 Å². The number of aliphatic hydroxyl groups is 1. The lowest BCUT2D eigenvalue weighted by Gasteiger charge is -2.27. The van der Waals surface area contributed by atoms with Gasteiger partial charge in [0.2, 0.25) is 0 Å². The highest BCUT2D eigenvalue weighted by molar-refractivity contribution is 5.78. The van der Waals surface area contributed by atoms with Gasteiger partial charge in [-0.2, -0.15) is 0 Å². The average Bonchev–Trinajstić information content (AvgIpc) is 2.61. The summed E-state index contributed by atoms with van der Waals surface area (Å²) in [5, 5.41) is 13.3. The lowest BCUT2D eigenvalue weighted by molar-refractivity contribution is 0.183. The molecule has 0 bridgehead atoms. The van der Waals surface area contributed by atoms with Gasteiger partial charge in [-0.1, -0.05) is 48.5 Å². The summed E-state index contributed by atoms with van der Waals surface area (Å²) in [4.78, 5) is 4.28. The highest BCUT2D eigenvalue weighted by Crippen LogP contribution is 2.31. The first-order valence-electron chi connectivity index (χ1n) is 8.22. The summed E-state index contributed by atoms with van der Waals surface area (Å²) in [6.07, 6.45) is 0.854. The van der Waals surface area contributed by atoms with Crippen LogP contribution < -0.4 is 15.8 Å². The Labute approximate surface area is 142 Å². The van der Waals surface area contributed by atoms with Gasteiger partial charge < -0.3 is 20.9 Å². The average molecular weight is 325 g/mol. The second kappa shape index (κ2) is 7.84. The zero-order chi connectivity index (χ0) is 16.8. The normalized spacial score (nSPS) is 18.4. The summed E-state index contributed by atoms with van der Waals surface area (Å²) in [6, 6.07) is 17.9. The molecule has 24 heavy (non-hydrogen) atoms. The first-order chi connectivity index (χ1) is 11.7. The number of benzene rings is 2. The number of rotatable bonds is 5. The largest absolute Gasteiger partial charge is 0.493 e. The van der Waals surface area contributed by atoms with Crippen molar-refractivity contribution in [1.29, 1.82) is 0 Å². The molecule has 5 heteroatoms.